The quantitative estimate of drug-likeness (QED) is 0.606. The van der Waals surface area contributed by atoms with Crippen molar-refractivity contribution in [2.45, 2.75) is 6.92 Å². The lowest BCUT2D eigenvalue weighted by atomic mass is 10.1. The van der Waals surface area contributed by atoms with Crippen LogP contribution in [0.2, 0.25) is 0 Å². The summed E-state index contributed by atoms with van der Waals surface area (Å²) in [6.45, 7) is 2.11. The summed E-state index contributed by atoms with van der Waals surface area (Å²) in [5.41, 5.74) is 2.68. The largest absolute Gasteiger partial charge is 0.350 e. The fraction of sp³-hybridized carbons (Fsp3) is 0.136. The third-order valence-electron chi connectivity index (χ3n) is 4.73. The van der Waals surface area contributed by atoms with Crippen molar-refractivity contribution < 1.29 is 18.8 Å². The maximum absolute atomic E-state index is 13.8. The summed E-state index contributed by atoms with van der Waals surface area (Å²) in [5.74, 6) is -1.23. The molecule has 1 aliphatic heterocycles. The zero-order valence-electron chi connectivity index (χ0n) is 16.1. The van der Waals surface area contributed by atoms with Gasteiger partial charge < -0.3 is 10.3 Å². The summed E-state index contributed by atoms with van der Waals surface area (Å²) in [5, 5.41) is 2.60. The number of nitrogens with zero attached hydrogens (tertiary/aromatic N) is 1. The van der Waals surface area contributed by atoms with Crippen LogP contribution in [0.3, 0.4) is 0 Å². The first-order chi connectivity index (χ1) is 14.4. The highest BCUT2D eigenvalue weighted by Crippen LogP contribution is 2.31. The van der Waals surface area contributed by atoms with Gasteiger partial charge in [-0.05, 0) is 48.5 Å². The number of aryl methyl sites for hydroxylation is 1. The molecule has 30 heavy (non-hydrogen) atoms. The SMILES string of the molecule is Cc1ccc(/C=C2\SC(=O)N(CCNC(=O)c3cc4c(F)cccc4[nH]3)C2=O)cc1. The van der Waals surface area contributed by atoms with Crippen LogP contribution in [0.25, 0.3) is 17.0 Å². The highest BCUT2D eigenvalue weighted by atomic mass is 32.2. The number of thioether (sulfide) groups is 1. The minimum absolute atomic E-state index is 0.0518. The van der Waals surface area contributed by atoms with E-state index in [1.54, 1.807) is 18.2 Å². The maximum Gasteiger partial charge on any atom is 0.293 e. The number of halogens is 1. The number of nitrogens with one attached hydrogen (secondary N) is 2. The first-order valence-corrected chi connectivity index (χ1v) is 10.1. The molecule has 4 rings (SSSR count). The van der Waals surface area contributed by atoms with Gasteiger partial charge in [0, 0.05) is 24.0 Å². The number of aromatic amines is 1. The Hall–Kier alpha value is -3.39. The van der Waals surface area contributed by atoms with Gasteiger partial charge in [0.25, 0.3) is 17.1 Å². The van der Waals surface area contributed by atoms with Crippen molar-refractivity contribution >= 4 is 45.8 Å². The predicted molar refractivity (Wildman–Crippen MR) is 114 cm³/mol. The third kappa shape index (κ3) is 3.99. The molecular formula is C22H18FN3O3S. The highest BCUT2D eigenvalue weighted by molar-refractivity contribution is 8.18. The Bertz CT molecular complexity index is 1180. The molecule has 0 radical (unpaired) electrons. The average molecular weight is 423 g/mol. The summed E-state index contributed by atoms with van der Waals surface area (Å²) in [4.78, 5) is 41.4. The topological polar surface area (TPSA) is 82.3 Å². The smallest absolute Gasteiger partial charge is 0.293 e. The number of benzene rings is 2. The van der Waals surface area contributed by atoms with Crippen molar-refractivity contribution in [2.24, 2.45) is 0 Å². The number of hydrogen-bond donors (Lipinski definition) is 2. The van der Waals surface area contributed by atoms with Crippen molar-refractivity contribution in [3.63, 3.8) is 0 Å². The number of aromatic nitrogens is 1. The molecule has 0 aliphatic carbocycles. The molecule has 0 saturated carbocycles. The fourth-order valence-corrected chi connectivity index (χ4v) is 3.99. The van der Waals surface area contributed by atoms with Crippen LogP contribution in [-0.2, 0) is 4.79 Å². The zero-order chi connectivity index (χ0) is 21.3. The van der Waals surface area contributed by atoms with Gasteiger partial charge in [-0.25, -0.2) is 4.39 Å². The number of rotatable bonds is 5. The molecule has 2 heterocycles. The molecule has 6 nitrogen and oxygen atoms in total. The molecule has 152 valence electrons. The van der Waals surface area contributed by atoms with E-state index in [0.29, 0.717) is 15.8 Å². The molecule has 1 aliphatic rings. The molecule has 3 amide bonds. The van der Waals surface area contributed by atoms with Crippen LogP contribution in [0, 0.1) is 12.7 Å². The molecule has 1 aromatic heterocycles. The molecule has 0 spiro atoms. The van der Waals surface area contributed by atoms with Crippen LogP contribution in [0.1, 0.15) is 21.6 Å². The predicted octanol–water partition coefficient (Wildman–Crippen LogP) is 4.08. The van der Waals surface area contributed by atoms with E-state index in [2.05, 4.69) is 10.3 Å². The van der Waals surface area contributed by atoms with Gasteiger partial charge in [0.05, 0.1) is 4.91 Å². The van der Waals surface area contributed by atoms with Crippen LogP contribution in [0.5, 0.6) is 0 Å². The summed E-state index contributed by atoms with van der Waals surface area (Å²) < 4.78 is 13.8. The van der Waals surface area contributed by atoms with Gasteiger partial charge >= 0.3 is 0 Å². The lowest BCUT2D eigenvalue weighted by molar-refractivity contribution is -0.122. The lowest BCUT2D eigenvalue weighted by Crippen LogP contribution is -2.37. The molecule has 0 unspecified atom stereocenters. The van der Waals surface area contributed by atoms with E-state index >= 15 is 0 Å². The Balaban J connectivity index is 1.38. The second-order valence-electron chi connectivity index (χ2n) is 6.88. The maximum atomic E-state index is 13.8. The van der Waals surface area contributed by atoms with E-state index in [1.807, 2.05) is 31.2 Å². The van der Waals surface area contributed by atoms with Crippen molar-refractivity contribution in [2.75, 3.05) is 13.1 Å². The van der Waals surface area contributed by atoms with Gasteiger partial charge in [0.2, 0.25) is 0 Å². The molecule has 3 aromatic rings. The second kappa shape index (κ2) is 8.16. The molecule has 1 fully saturated rings. The number of carbonyl (C=O) groups excluding carboxylic acids is 3. The Morgan fingerprint density at radius 2 is 1.97 bits per heavy atom. The molecule has 1 saturated heterocycles. The van der Waals surface area contributed by atoms with Crippen molar-refractivity contribution in [3.05, 3.63) is 76.1 Å². The first-order valence-electron chi connectivity index (χ1n) is 9.30. The van der Waals surface area contributed by atoms with Gasteiger partial charge in [-0.1, -0.05) is 35.9 Å². The molecule has 2 aromatic carbocycles. The number of H-pyrrole nitrogens is 1. The monoisotopic (exact) mass is 423 g/mol. The van der Waals surface area contributed by atoms with E-state index < -0.39 is 11.7 Å². The molecule has 0 atom stereocenters. The minimum Gasteiger partial charge on any atom is -0.350 e. The molecular weight excluding hydrogens is 405 g/mol. The number of fused-ring (bicyclic) bond motifs is 1. The van der Waals surface area contributed by atoms with Crippen LogP contribution >= 0.6 is 11.8 Å². The first kappa shape index (κ1) is 19.9. The van der Waals surface area contributed by atoms with Gasteiger partial charge in [-0.3, -0.25) is 19.3 Å². The standard InChI is InChI=1S/C22H18FN3O3S/c1-13-5-7-14(8-6-13)11-19-21(28)26(22(29)30-19)10-9-24-20(27)18-12-15-16(23)3-2-4-17(15)25-18/h2-8,11-12,25H,9-10H2,1H3,(H,24,27)/b19-11-. The Kier molecular flexibility index (Phi) is 5.41. The van der Waals surface area contributed by atoms with Gasteiger partial charge in [0.1, 0.15) is 11.5 Å². The Labute approximate surface area is 176 Å². The van der Waals surface area contributed by atoms with Crippen molar-refractivity contribution in [1.29, 1.82) is 0 Å². The molecule has 8 heteroatoms. The Morgan fingerprint density at radius 3 is 2.70 bits per heavy atom. The number of imide groups is 1. The van der Waals surface area contributed by atoms with E-state index in [1.165, 1.54) is 12.1 Å². The van der Waals surface area contributed by atoms with E-state index in [9.17, 15) is 18.8 Å². The van der Waals surface area contributed by atoms with E-state index in [0.717, 1.165) is 27.8 Å². The van der Waals surface area contributed by atoms with Crippen LogP contribution < -0.4 is 5.32 Å². The van der Waals surface area contributed by atoms with E-state index in [4.69, 9.17) is 0 Å². The summed E-state index contributed by atoms with van der Waals surface area (Å²) in [7, 11) is 0. The zero-order valence-corrected chi connectivity index (χ0v) is 16.9. The molecule has 0 bridgehead atoms. The molecule has 2 N–H and O–H groups in total. The summed E-state index contributed by atoms with van der Waals surface area (Å²) in [6, 6.07) is 13.6. The van der Waals surface area contributed by atoms with Crippen molar-refractivity contribution in [3.8, 4) is 0 Å². The number of carbonyl (C=O) groups is 3. The van der Waals surface area contributed by atoms with Crippen LogP contribution in [0.4, 0.5) is 9.18 Å². The Morgan fingerprint density at radius 1 is 1.20 bits per heavy atom. The minimum atomic E-state index is -0.437. The van der Waals surface area contributed by atoms with Crippen molar-refractivity contribution in [1.82, 2.24) is 15.2 Å². The van der Waals surface area contributed by atoms with E-state index in [-0.39, 0.29) is 29.9 Å². The van der Waals surface area contributed by atoms with Crippen LogP contribution in [0.15, 0.2) is 53.4 Å². The van der Waals surface area contributed by atoms with Crippen LogP contribution in [-0.4, -0.2) is 40.0 Å². The van der Waals surface area contributed by atoms with Gasteiger partial charge in [0.15, 0.2) is 0 Å². The summed E-state index contributed by atoms with van der Waals surface area (Å²) in [6.07, 6.45) is 1.68. The average Bonchev–Trinajstić information content (AvgIpc) is 3.27. The third-order valence-corrected chi connectivity index (χ3v) is 5.63. The number of hydrogen-bond acceptors (Lipinski definition) is 4. The fourth-order valence-electron chi connectivity index (χ4n) is 3.12. The lowest BCUT2D eigenvalue weighted by Gasteiger charge is -2.12. The van der Waals surface area contributed by atoms with Gasteiger partial charge in [-0.2, -0.15) is 0 Å². The van der Waals surface area contributed by atoms with Gasteiger partial charge in [-0.15, -0.1) is 0 Å². The second-order valence-corrected chi connectivity index (χ2v) is 7.88. The normalized spacial score (nSPS) is 15.4. The number of amides is 3. The summed E-state index contributed by atoms with van der Waals surface area (Å²) >= 11 is 0.879. The highest BCUT2D eigenvalue weighted by Gasteiger charge is 2.34.